The highest BCUT2D eigenvalue weighted by Crippen LogP contribution is 2.30. The Labute approximate surface area is 208 Å². The third-order valence-electron chi connectivity index (χ3n) is 5.44. The average molecular weight is 487 g/mol. The molecule has 0 saturated heterocycles. The van der Waals surface area contributed by atoms with Gasteiger partial charge in [-0.15, -0.1) is 0 Å². The molecule has 0 aliphatic carbocycles. The van der Waals surface area contributed by atoms with Gasteiger partial charge in [0, 0.05) is 19.2 Å². The third-order valence-corrected chi connectivity index (χ3v) is 5.44. The van der Waals surface area contributed by atoms with Crippen molar-refractivity contribution in [3.05, 3.63) is 96.2 Å². The Morgan fingerprint density at radius 1 is 1.00 bits per heavy atom. The minimum atomic E-state index is -1.11. The van der Waals surface area contributed by atoms with E-state index in [1.165, 1.54) is 36.3 Å². The molecule has 4 aromatic rings. The first-order valence-electron chi connectivity index (χ1n) is 11.2. The van der Waals surface area contributed by atoms with Crippen molar-refractivity contribution >= 4 is 12.0 Å². The Bertz CT molecular complexity index is 1320. The predicted octanol–water partition coefficient (Wildman–Crippen LogP) is 4.33. The molecule has 1 unspecified atom stereocenters. The highest BCUT2D eigenvalue weighted by Gasteiger charge is 2.20. The topological polar surface area (TPSA) is 128 Å². The lowest BCUT2D eigenvalue weighted by molar-refractivity contribution is 0.112. The summed E-state index contributed by atoms with van der Waals surface area (Å²) in [5, 5.41) is 32.8. The number of nitrogens with zero attached hydrogens (tertiary/aromatic N) is 3. The van der Waals surface area contributed by atoms with E-state index in [1.807, 2.05) is 60.7 Å². The van der Waals surface area contributed by atoms with Crippen LogP contribution in [0.15, 0.2) is 85.1 Å². The number of phenols is 2. The molecule has 1 atom stereocenters. The number of carbonyl (C=O) groups excluding carboxylic acids is 1. The molecule has 0 aliphatic rings. The van der Waals surface area contributed by atoms with Gasteiger partial charge in [-0.3, -0.25) is 0 Å². The number of hydrogen-bond donors (Lipinski definition) is 4. The van der Waals surface area contributed by atoms with Crippen LogP contribution in [0.25, 0.3) is 11.3 Å². The van der Waals surface area contributed by atoms with E-state index in [0.29, 0.717) is 23.8 Å². The van der Waals surface area contributed by atoms with Crippen LogP contribution in [0.4, 0.5) is 10.7 Å². The molecule has 0 aliphatic heterocycles. The molecule has 1 heterocycles. The van der Waals surface area contributed by atoms with Crippen molar-refractivity contribution in [2.75, 3.05) is 18.9 Å². The van der Waals surface area contributed by atoms with Crippen molar-refractivity contribution in [3.8, 4) is 28.5 Å². The van der Waals surface area contributed by atoms with Crippen LogP contribution >= 0.6 is 0 Å². The minimum Gasteiger partial charge on any atom is -0.504 e. The summed E-state index contributed by atoms with van der Waals surface area (Å²) in [4.78, 5) is 22.9. The highest BCUT2D eigenvalue weighted by atomic mass is 16.6. The second kappa shape index (κ2) is 11.2. The summed E-state index contributed by atoms with van der Waals surface area (Å²) in [6.07, 6.45) is -0.394. The number of rotatable bonds is 8. The second-order valence-electron chi connectivity index (χ2n) is 8.12. The van der Waals surface area contributed by atoms with Crippen LogP contribution in [0.3, 0.4) is 0 Å². The van der Waals surface area contributed by atoms with Gasteiger partial charge in [0.25, 0.3) is 0 Å². The van der Waals surface area contributed by atoms with E-state index in [-0.39, 0.29) is 23.8 Å². The normalized spacial score (nSPS) is 11.5. The lowest BCUT2D eigenvalue weighted by atomic mass is 10.1. The molecule has 184 valence electrons. The molecule has 4 rings (SSSR count). The summed E-state index contributed by atoms with van der Waals surface area (Å²) in [6.45, 7) is 0.420. The summed E-state index contributed by atoms with van der Waals surface area (Å²) >= 11 is 0. The van der Waals surface area contributed by atoms with E-state index in [4.69, 9.17) is 4.74 Å². The number of aliphatic hydroxyl groups is 1. The van der Waals surface area contributed by atoms with Gasteiger partial charge in [-0.05, 0) is 23.3 Å². The van der Waals surface area contributed by atoms with Crippen LogP contribution in [-0.4, -0.2) is 49.9 Å². The number of aromatic nitrogens is 2. The standard InChI is InChI=1S/C27H26N4O5/c1-31(17-23(34)20-12-13-21(32)22(33)14-20)27(35)36-24-16-29-26(28-15-18-8-4-2-5-9-18)30-25(24)19-10-6-3-7-11-19/h2-14,16,23,32-34H,15,17H2,1H3,(H,28,29,30). The first-order chi connectivity index (χ1) is 17.4. The van der Waals surface area contributed by atoms with Crippen LogP contribution in [0.2, 0.25) is 0 Å². The molecule has 9 heteroatoms. The van der Waals surface area contributed by atoms with E-state index in [0.717, 1.165) is 11.1 Å². The number of nitrogens with one attached hydrogen (secondary N) is 1. The molecule has 36 heavy (non-hydrogen) atoms. The number of anilines is 1. The Balaban J connectivity index is 1.49. The number of amides is 1. The van der Waals surface area contributed by atoms with Crippen LogP contribution in [0.5, 0.6) is 17.2 Å². The van der Waals surface area contributed by atoms with Crippen molar-refractivity contribution < 1.29 is 24.9 Å². The van der Waals surface area contributed by atoms with Crippen molar-refractivity contribution in [2.24, 2.45) is 0 Å². The van der Waals surface area contributed by atoms with Gasteiger partial charge in [0.05, 0.1) is 18.8 Å². The zero-order valence-corrected chi connectivity index (χ0v) is 19.6. The van der Waals surface area contributed by atoms with Gasteiger partial charge in [0.15, 0.2) is 17.2 Å². The van der Waals surface area contributed by atoms with Crippen molar-refractivity contribution in [1.29, 1.82) is 0 Å². The third kappa shape index (κ3) is 6.08. The smallest absolute Gasteiger partial charge is 0.415 e. The fourth-order valence-corrected chi connectivity index (χ4v) is 3.47. The van der Waals surface area contributed by atoms with Gasteiger partial charge < -0.3 is 30.3 Å². The Hall–Kier alpha value is -4.63. The van der Waals surface area contributed by atoms with E-state index >= 15 is 0 Å². The fraction of sp³-hybridized carbons (Fsp3) is 0.148. The van der Waals surface area contributed by atoms with Gasteiger partial charge in [-0.1, -0.05) is 66.7 Å². The van der Waals surface area contributed by atoms with Gasteiger partial charge >= 0.3 is 6.09 Å². The molecule has 0 spiro atoms. The summed E-state index contributed by atoms with van der Waals surface area (Å²) in [6, 6.07) is 23.1. The summed E-state index contributed by atoms with van der Waals surface area (Å²) in [7, 11) is 1.48. The molecule has 3 aromatic carbocycles. The van der Waals surface area contributed by atoms with Crippen molar-refractivity contribution in [3.63, 3.8) is 0 Å². The number of aromatic hydroxyl groups is 2. The van der Waals surface area contributed by atoms with Crippen LogP contribution in [0, 0.1) is 0 Å². The van der Waals surface area contributed by atoms with Crippen LogP contribution in [-0.2, 0) is 6.54 Å². The number of hydrogen-bond acceptors (Lipinski definition) is 8. The largest absolute Gasteiger partial charge is 0.504 e. The number of likely N-dealkylation sites (N-methyl/N-ethyl adjacent to an activating group) is 1. The quantitative estimate of drug-likeness (QED) is 0.271. The first kappa shape index (κ1) is 24.5. The van der Waals surface area contributed by atoms with E-state index < -0.39 is 12.2 Å². The molecule has 9 nitrogen and oxygen atoms in total. The highest BCUT2D eigenvalue weighted by molar-refractivity contribution is 5.75. The maximum Gasteiger partial charge on any atom is 0.415 e. The lowest BCUT2D eigenvalue weighted by Gasteiger charge is -2.21. The Morgan fingerprint density at radius 2 is 1.69 bits per heavy atom. The fourth-order valence-electron chi connectivity index (χ4n) is 3.47. The minimum absolute atomic E-state index is 0.110. The molecular weight excluding hydrogens is 460 g/mol. The maximum absolute atomic E-state index is 12.8. The first-order valence-corrected chi connectivity index (χ1v) is 11.2. The number of phenolic OH excluding ortho intramolecular Hbond substituents is 2. The molecule has 4 N–H and O–H groups in total. The molecule has 1 amide bonds. The molecule has 0 fully saturated rings. The SMILES string of the molecule is CN(CC(O)c1ccc(O)c(O)c1)C(=O)Oc1cnc(NCc2ccccc2)nc1-c1ccccc1. The van der Waals surface area contributed by atoms with Crippen molar-refractivity contribution in [2.45, 2.75) is 12.6 Å². The summed E-state index contributed by atoms with van der Waals surface area (Å²) in [5.41, 5.74) is 2.59. The molecule has 1 aromatic heterocycles. The zero-order valence-electron chi connectivity index (χ0n) is 19.6. The maximum atomic E-state index is 12.8. The predicted molar refractivity (Wildman–Crippen MR) is 135 cm³/mol. The zero-order chi connectivity index (χ0) is 25.5. The summed E-state index contributed by atoms with van der Waals surface area (Å²) < 4.78 is 5.59. The molecule has 0 radical (unpaired) electrons. The Morgan fingerprint density at radius 3 is 2.39 bits per heavy atom. The number of carbonyl (C=O) groups is 1. The van der Waals surface area contributed by atoms with Gasteiger partial charge in [0.1, 0.15) is 5.69 Å². The molecular formula is C27H26N4O5. The summed E-state index contributed by atoms with van der Waals surface area (Å²) in [5.74, 6) is -0.107. The van der Waals surface area contributed by atoms with E-state index in [9.17, 15) is 20.1 Å². The van der Waals surface area contributed by atoms with Gasteiger partial charge in [-0.2, -0.15) is 0 Å². The second-order valence-corrected chi connectivity index (χ2v) is 8.12. The van der Waals surface area contributed by atoms with Crippen LogP contribution < -0.4 is 10.1 Å². The molecule has 0 saturated carbocycles. The van der Waals surface area contributed by atoms with Gasteiger partial charge in [0.2, 0.25) is 5.95 Å². The van der Waals surface area contributed by atoms with E-state index in [1.54, 1.807) is 0 Å². The number of aliphatic hydroxyl groups excluding tert-OH is 1. The van der Waals surface area contributed by atoms with Gasteiger partial charge in [-0.25, -0.2) is 14.8 Å². The Kier molecular flexibility index (Phi) is 7.62. The van der Waals surface area contributed by atoms with Crippen LogP contribution in [0.1, 0.15) is 17.2 Å². The lowest BCUT2D eigenvalue weighted by Crippen LogP contribution is -2.33. The number of benzene rings is 3. The van der Waals surface area contributed by atoms with Crippen molar-refractivity contribution in [1.82, 2.24) is 14.9 Å². The monoisotopic (exact) mass is 486 g/mol. The molecule has 0 bridgehead atoms. The average Bonchev–Trinajstić information content (AvgIpc) is 2.90. The van der Waals surface area contributed by atoms with E-state index in [2.05, 4.69) is 15.3 Å². The number of ether oxygens (including phenoxy) is 1.